The second-order valence-corrected chi connectivity index (χ2v) is 8.02. The molecule has 5 nitrogen and oxygen atoms in total. The third-order valence-electron chi connectivity index (χ3n) is 4.39. The topological polar surface area (TPSA) is 80.4 Å². The summed E-state index contributed by atoms with van der Waals surface area (Å²) < 4.78 is 26.6. The van der Waals surface area contributed by atoms with Crippen molar-refractivity contribution in [1.82, 2.24) is 0 Å². The average molecular weight is 424 g/mol. The summed E-state index contributed by atoms with van der Waals surface area (Å²) in [7, 11) is -1.38. The molecular weight excluding hydrogens is 393 g/mol. The highest BCUT2D eigenvalue weighted by Gasteiger charge is 2.17. The fourth-order valence-corrected chi connectivity index (χ4v) is 4.46. The highest BCUT2D eigenvalue weighted by Crippen LogP contribution is 2.23. The van der Waals surface area contributed by atoms with Crippen molar-refractivity contribution in [1.29, 1.82) is 0 Å². The van der Waals surface area contributed by atoms with Gasteiger partial charge in [-0.3, -0.25) is 14.3 Å². The van der Waals surface area contributed by atoms with Gasteiger partial charge in [-0.15, -0.1) is 0 Å². The van der Waals surface area contributed by atoms with Gasteiger partial charge >= 0.3 is 0 Å². The number of rotatable bonds is 10. The minimum absolute atomic E-state index is 0.0346. The second kappa shape index (κ2) is 13.2. The Bertz CT molecular complexity index is 813. The summed E-state index contributed by atoms with van der Waals surface area (Å²) in [5.74, 6) is -0.202. The number of hydrogen-bond donors (Lipinski definition) is 1. The van der Waals surface area contributed by atoms with E-state index in [9.17, 15) is 23.8 Å². The van der Waals surface area contributed by atoms with Crippen molar-refractivity contribution in [2.45, 2.75) is 51.3 Å². The van der Waals surface area contributed by atoms with Gasteiger partial charge in [-0.1, -0.05) is 45.7 Å². The number of aliphatic hydroxyl groups is 1. The molecule has 7 heteroatoms. The number of aliphatic hydroxyl groups excluding tert-OH is 1. The Morgan fingerprint density at radius 1 is 1.21 bits per heavy atom. The largest absolute Gasteiger partial charge is 0.396 e. The molecule has 0 aliphatic rings. The monoisotopic (exact) mass is 423 g/mol. The molecule has 0 aliphatic heterocycles. The lowest BCUT2D eigenvalue weighted by atomic mass is 10.0. The lowest BCUT2D eigenvalue weighted by Crippen LogP contribution is -2.16. The van der Waals surface area contributed by atoms with Crippen molar-refractivity contribution in [3.05, 3.63) is 69.5 Å². The lowest BCUT2D eigenvalue weighted by molar-refractivity contribution is -0.384. The minimum Gasteiger partial charge on any atom is -0.396 e. The number of non-ortho nitro benzene ring substituents is 1. The summed E-state index contributed by atoms with van der Waals surface area (Å²) in [4.78, 5) is 11.0. The molecule has 160 valence electrons. The molecular formula is C22H30FNO4S. The molecule has 2 aromatic rings. The van der Waals surface area contributed by atoms with Crippen LogP contribution >= 0.6 is 0 Å². The zero-order chi connectivity index (χ0) is 21.8. The molecule has 2 rings (SSSR count). The van der Waals surface area contributed by atoms with Crippen LogP contribution in [0.2, 0.25) is 0 Å². The van der Waals surface area contributed by atoms with Crippen molar-refractivity contribution >= 4 is 16.5 Å². The van der Waals surface area contributed by atoms with Crippen LogP contribution in [0.25, 0.3) is 0 Å². The Kier molecular flexibility index (Phi) is 11.3. The van der Waals surface area contributed by atoms with Crippen LogP contribution in [-0.4, -0.2) is 26.6 Å². The van der Waals surface area contributed by atoms with Crippen LogP contribution in [0.15, 0.2) is 47.4 Å². The molecule has 29 heavy (non-hydrogen) atoms. The summed E-state index contributed by atoms with van der Waals surface area (Å²) in [6.07, 6.45) is 2.99. The number of nitrogens with zero attached hydrogens (tertiary/aromatic N) is 1. The summed E-state index contributed by atoms with van der Waals surface area (Å²) in [6.45, 7) is 6.02. The number of hydrogen-bond acceptors (Lipinski definition) is 4. The van der Waals surface area contributed by atoms with E-state index in [2.05, 4.69) is 6.92 Å². The third kappa shape index (κ3) is 8.03. The minimum atomic E-state index is -1.38. The van der Waals surface area contributed by atoms with Crippen LogP contribution in [0.1, 0.15) is 51.2 Å². The van der Waals surface area contributed by atoms with E-state index >= 15 is 0 Å². The summed E-state index contributed by atoms with van der Waals surface area (Å²) >= 11 is 0. The summed E-state index contributed by atoms with van der Waals surface area (Å²) in [6, 6.07) is 10.2. The number of unbranched alkanes of at least 4 members (excludes halogenated alkanes) is 1. The molecule has 0 aliphatic carbocycles. The molecule has 0 fully saturated rings. The Morgan fingerprint density at radius 2 is 1.93 bits per heavy atom. The third-order valence-corrected chi connectivity index (χ3v) is 6.06. The number of nitro benzene ring substituents is 1. The molecule has 0 bridgehead atoms. The van der Waals surface area contributed by atoms with Gasteiger partial charge in [-0.25, -0.2) is 4.39 Å². The van der Waals surface area contributed by atoms with Crippen LogP contribution in [0.4, 0.5) is 10.1 Å². The molecule has 1 N–H and O–H groups in total. The van der Waals surface area contributed by atoms with Crippen LogP contribution in [0, 0.1) is 21.8 Å². The maximum absolute atomic E-state index is 13.8. The number of nitro groups is 1. The van der Waals surface area contributed by atoms with Gasteiger partial charge < -0.3 is 5.11 Å². The van der Waals surface area contributed by atoms with E-state index in [1.54, 1.807) is 12.1 Å². The SMILES string of the molecule is CC.CCCCC(CO)CS(=O)c1ccc(F)cc1Cc1cccc([N+](=O)[O-])c1. The zero-order valence-corrected chi connectivity index (χ0v) is 18.1. The van der Waals surface area contributed by atoms with E-state index in [0.29, 0.717) is 21.8 Å². The fraction of sp³-hybridized carbons (Fsp3) is 0.455. The zero-order valence-electron chi connectivity index (χ0n) is 17.3. The standard InChI is InChI=1S/C20H24FNO4S.C2H6/c1-2-3-5-16(13-23)14-27(26)20-9-8-18(21)12-17(20)10-15-6-4-7-19(11-15)22(24)25;1-2/h4,6-9,11-12,16,23H,2-3,5,10,13-14H2,1H3;1-2H3. The first kappa shape index (κ1) is 24.9. The van der Waals surface area contributed by atoms with Crippen LogP contribution < -0.4 is 0 Å². The van der Waals surface area contributed by atoms with Gasteiger partial charge in [0.1, 0.15) is 5.82 Å². The van der Waals surface area contributed by atoms with E-state index in [1.165, 1.54) is 30.3 Å². The molecule has 2 aromatic carbocycles. The Labute approximate surface area is 174 Å². The van der Waals surface area contributed by atoms with Crippen molar-refractivity contribution in [3.63, 3.8) is 0 Å². The summed E-state index contributed by atoms with van der Waals surface area (Å²) in [5.41, 5.74) is 1.16. The Hall–Kier alpha value is -2.12. The van der Waals surface area contributed by atoms with Crippen LogP contribution in [-0.2, 0) is 17.2 Å². The predicted molar refractivity (Wildman–Crippen MR) is 115 cm³/mol. The predicted octanol–water partition coefficient (Wildman–Crippen LogP) is 5.26. The molecule has 0 saturated carbocycles. The van der Waals surface area contributed by atoms with Crippen LogP contribution in [0.3, 0.4) is 0 Å². The van der Waals surface area contributed by atoms with Gasteiger partial charge in [-0.05, 0) is 48.1 Å². The first-order valence-electron chi connectivity index (χ1n) is 9.95. The van der Waals surface area contributed by atoms with E-state index in [4.69, 9.17) is 0 Å². The van der Waals surface area contributed by atoms with Crippen molar-refractivity contribution in [3.8, 4) is 0 Å². The second-order valence-electron chi connectivity index (χ2n) is 6.56. The van der Waals surface area contributed by atoms with Crippen LogP contribution in [0.5, 0.6) is 0 Å². The molecule has 0 spiro atoms. The van der Waals surface area contributed by atoms with E-state index in [1.807, 2.05) is 13.8 Å². The summed E-state index contributed by atoms with van der Waals surface area (Å²) in [5, 5.41) is 20.5. The van der Waals surface area contributed by atoms with E-state index in [0.717, 1.165) is 19.3 Å². The van der Waals surface area contributed by atoms with Gasteiger partial charge in [0, 0.05) is 29.4 Å². The maximum atomic E-state index is 13.8. The molecule has 2 unspecified atom stereocenters. The normalized spacial score (nSPS) is 12.6. The molecule has 0 amide bonds. The quantitative estimate of drug-likeness (QED) is 0.418. The van der Waals surface area contributed by atoms with Crippen molar-refractivity contribution in [2.24, 2.45) is 5.92 Å². The van der Waals surface area contributed by atoms with Gasteiger partial charge in [0.05, 0.1) is 15.7 Å². The van der Waals surface area contributed by atoms with Crippen molar-refractivity contribution in [2.75, 3.05) is 12.4 Å². The van der Waals surface area contributed by atoms with Gasteiger partial charge in [-0.2, -0.15) is 0 Å². The highest BCUT2D eigenvalue weighted by atomic mass is 32.2. The lowest BCUT2D eigenvalue weighted by Gasteiger charge is -2.15. The molecule has 0 aromatic heterocycles. The number of halogens is 1. The Balaban J connectivity index is 0.00000204. The average Bonchev–Trinajstić information content (AvgIpc) is 2.72. The van der Waals surface area contributed by atoms with Gasteiger partial charge in [0.15, 0.2) is 0 Å². The molecule has 2 atom stereocenters. The number of benzene rings is 2. The first-order chi connectivity index (χ1) is 13.9. The van der Waals surface area contributed by atoms with Gasteiger partial charge in [0.2, 0.25) is 0 Å². The first-order valence-corrected chi connectivity index (χ1v) is 11.3. The smallest absolute Gasteiger partial charge is 0.269 e. The molecule has 0 heterocycles. The molecule has 0 radical (unpaired) electrons. The van der Waals surface area contributed by atoms with Gasteiger partial charge in [0.25, 0.3) is 5.69 Å². The van der Waals surface area contributed by atoms with Crippen molar-refractivity contribution < 1.29 is 18.6 Å². The van der Waals surface area contributed by atoms with E-state index < -0.39 is 21.5 Å². The van der Waals surface area contributed by atoms with E-state index in [-0.39, 0.29) is 24.6 Å². The fourth-order valence-electron chi connectivity index (χ4n) is 2.93. The Morgan fingerprint density at radius 3 is 2.55 bits per heavy atom. The molecule has 0 saturated heterocycles. The highest BCUT2D eigenvalue weighted by molar-refractivity contribution is 7.85. The maximum Gasteiger partial charge on any atom is 0.269 e.